The van der Waals surface area contributed by atoms with E-state index in [1.165, 1.54) is 6.54 Å². The zero-order chi connectivity index (χ0) is 10.4. The number of hydrogen-bond donors (Lipinski definition) is 1. The summed E-state index contributed by atoms with van der Waals surface area (Å²) in [6, 6.07) is 0.636. The predicted octanol–water partition coefficient (Wildman–Crippen LogP) is 1.95. The van der Waals surface area contributed by atoms with E-state index in [9.17, 15) is 0 Å². The normalized spacial score (nSPS) is 14.5. The van der Waals surface area contributed by atoms with Gasteiger partial charge in [-0.25, -0.2) is 0 Å². The van der Waals surface area contributed by atoms with Gasteiger partial charge in [-0.2, -0.15) is 0 Å². The summed E-state index contributed by atoms with van der Waals surface area (Å²) in [4.78, 5) is 2.52. The van der Waals surface area contributed by atoms with Crippen molar-refractivity contribution in [3.05, 3.63) is 0 Å². The summed E-state index contributed by atoms with van der Waals surface area (Å²) < 4.78 is 0. The second kappa shape index (κ2) is 6.39. The molecule has 80 valence electrons. The second-order valence-corrected chi connectivity index (χ2v) is 4.78. The van der Waals surface area contributed by atoms with Gasteiger partial charge in [-0.1, -0.05) is 20.8 Å². The Morgan fingerprint density at radius 2 is 1.54 bits per heavy atom. The molecule has 0 aromatic rings. The maximum absolute atomic E-state index is 5.62. The summed E-state index contributed by atoms with van der Waals surface area (Å²) in [5.74, 6) is 1.36. The van der Waals surface area contributed by atoms with Gasteiger partial charge < -0.3 is 10.6 Å². The van der Waals surface area contributed by atoms with Gasteiger partial charge in [-0.15, -0.1) is 0 Å². The first-order valence-corrected chi connectivity index (χ1v) is 5.41. The van der Waals surface area contributed by atoms with E-state index in [4.69, 9.17) is 5.73 Å². The van der Waals surface area contributed by atoms with Crippen LogP contribution in [0.15, 0.2) is 0 Å². The highest BCUT2D eigenvalue weighted by Crippen LogP contribution is 2.07. The van der Waals surface area contributed by atoms with Crippen molar-refractivity contribution in [3.8, 4) is 0 Å². The van der Waals surface area contributed by atoms with E-state index in [-0.39, 0.29) is 0 Å². The van der Waals surface area contributed by atoms with Gasteiger partial charge in [0.1, 0.15) is 0 Å². The van der Waals surface area contributed by atoms with Crippen LogP contribution in [0, 0.1) is 11.8 Å². The zero-order valence-corrected chi connectivity index (χ0v) is 9.88. The van der Waals surface area contributed by atoms with Gasteiger partial charge in [0.25, 0.3) is 0 Å². The molecule has 0 saturated heterocycles. The van der Waals surface area contributed by atoms with Crippen molar-refractivity contribution in [2.75, 3.05) is 19.6 Å². The average molecular weight is 186 g/mol. The van der Waals surface area contributed by atoms with Gasteiger partial charge in [0.15, 0.2) is 0 Å². The minimum Gasteiger partial charge on any atom is -0.330 e. The Kier molecular flexibility index (Phi) is 6.35. The third-order valence-corrected chi connectivity index (χ3v) is 2.28. The van der Waals surface area contributed by atoms with Crippen LogP contribution in [0.1, 0.15) is 34.6 Å². The predicted molar refractivity (Wildman–Crippen MR) is 59.8 cm³/mol. The van der Waals surface area contributed by atoms with Gasteiger partial charge in [0.05, 0.1) is 0 Å². The van der Waals surface area contributed by atoms with E-state index in [2.05, 4.69) is 39.5 Å². The van der Waals surface area contributed by atoms with Crippen molar-refractivity contribution >= 4 is 0 Å². The first-order valence-electron chi connectivity index (χ1n) is 5.41. The molecule has 1 unspecified atom stereocenters. The molecule has 2 nitrogen and oxygen atoms in total. The van der Waals surface area contributed by atoms with Crippen molar-refractivity contribution in [2.24, 2.45) is 17.6 Å². The molecule has 0 spiro atoms. The fourth-order valence-electron chi connectivity index (χ4n) is 1.44. The van der Waals surface area contributed by atoms with Gasteiger partial charge in [0.2, 0.25) is 0 Å². The Labute approximate surface area is 83.5 Å². The van der Waals surface area contributed by atoms with E-state index in [0.29, 0.717) is 12.0 Å². The highest BCUT2D eigenvalue weighted by molar-refractivity contribution is 4.68. The highest BCUT2D eigenvalue weighted by Gasteiger charge is 2.13. The molecule has 0 aromatic carbocycles. The molecule has 0 aromatic heterocycles. The van der Waals surface area contributed by atoms with E-state index >= 15 is 0 Å². The minimum atomic E-state index is 0.612. The zero-order valence-electron chi connectivity index (χ0n) is 9.88. The number of rotatable bonds is 6. The van der Waals surface area contributed by atoms with Crippen LogP contribution in [0.5, 0.6) is 0 Å². The van der Waals surface area contributed by atoms with Crippen molar-refractivity contribution < 1.29 is 0 Å². The number of nitrogens with two attached hydrogens (primary N) is 1. The lowest BCUT2D eigenvalue weighted by Crippen LogP contribution is -2.39. The SMILES string of the molecule is CC(C)CN(CC(C)CN)C(C)C. The molecule has 0 bridgehead atoms. The van der Waals surface area contributed by atoms with E-state index in [1.54, 1.807) is 0 Å². The molecular weight excluding hydrogens is 160 g/mol. The summed E-state index contributed by atoms with van der Waals surface area (Å²) in [5.41, 5.74) is 5.62. The van der Waals surface area contributed by atoms with E-state index in [0.717, 1.165) is 19.0 Å². The Hall–Kier alpha value is -0.0800. The van der Waals surface area contributed by atoms with Crippen LogP contribution in [0.2, 0.25) is 0 Å². The summed E-state index contributed by atoms with van der Waals surface area (Å²) in [6.07, 6.45) is 0. The Bertz CT molecular complexity index is 121. The lowest BCUT2D eigenvalue weighted by atomic mass is 10.1. The van der Waals surface area contributed by atoms with Crippen LogP contribution in [0.25, 0.3) is 0 Å². The lowest BCUT2D eigenvalue weighted by molar-refractivity contribution is 0.174. The smallest absolute Gasteiger partial charge is 0.00388 e. The first-order chi connectivity index (χ1) is 5.97. The molecule has 0 aliphatic rings. The van der Waals surface area contributed by atoms with Crippen molar-refractivity contribution in [2.45, 2.75) is 40.7 Å². The fourth-order valence-corrected chi connectivity index (χ4v) is 1.44. The van der Waals surface area contributed by atoms with Crippen molar-refractivity contribution in [1.29, 1.82) is 0 Å². The van der Waals surface area contributed by atoms with Crippen LogP contribution in [0.3, 0.4) is 0 Å². The molecule has 0 amide bonds. The molecule has 13 heavy (non-hydrogen) atoms. The Morgan fingerprint density at radius 1 is 1.00 bits per heavy atom. The number of hydrogen-bond acceptors (Lipinski definition) is 2. The minimum absolute atomic E-state index is 0.612. The molecule has 2 N–H and O–H groups in total. The second-order valence-electron chi connectivity index (χ2n) is 4.78. The Balaban J connectivity index is 3.94. The molecular formula is C11H26N2. The van der Waals surface area contributed by atoms with Crippen LogP contribution >= 0.6 is 0 Å². The monoisotopic (exact) mass is 186 g/mol. The molecule has 0 aliphatic carbocycles. The molecule has 1 atom stereocenters. The standard InChI is InChI=1S/C11H26N2/c1-9(2)7-13(10(3)4)8-11(5)6-12/h9-11H,6-8,12H2,1-5H3. The molecule has 0 saturated carbocycles. The van der Waals surface area contributed by atoms with Crippen LogP contribution in [-0.2, 0) is 0 Å². The summed E-state index contributed by atoms with van der Waals surface area (Å²) >= 11 is 0. The highest BCUT2D eigenvalue weighted by atomic mass is 15.1. The summed E-state index contributed by atoms with van der Waals surface area (Å²) in [5, 5.41) is 0. The summed E-state index contributed by atoms with van der Waals surface area (Å²) in [7, 11) is 0. The largest absolute Gasteiger partial charge is 0.330 e. The molecule has 2 heteroatoms. The molecule has 0 rings (SSSR count). The van der Waals surface area contributed by atoms with Gasteiger partial charge in [0, 0.05) is 19.1 Å². The van der Waals surface area contributed by atoms with Crippen LogP contribution in [0.4, 0.5) is 0 Å². The molecule has 0 heterocycles. The van der Waals surface area contributed by atoms with E-state index < -0.39 is 0 Å². The molecule has 0 aliphatic heterocycles. The fraction of sp³-hybridized carbons (Fsp3) is 1.00. The maximum Gasteiger partial charge on any atom is 0.00388 e. The Morgan fingerprint density at radius 3 is 1.85 bits per heavy atom. The van der Waals surface area contributed by atoms with Crippen molar-refractivity contribution in [1.82, 2.24) is 4.90 Å². The van der Waals surface area contributed by atoms with Crippen LogP contribution in [-0.4, -0.2) is 30.6 Å². The lowest BCUT2D eigenvalue weighted by Gasteiger charge is -2.30. The molecule has 0 fully saturated rings. The third kappa shape index (κ3) is 6.05. The summed E-state index contributed by atoms with van der Waals surface area (Å²) in [6.45, 7) is 14.4. The average Bonchev–Trinajstić information content (AvgIpc) is 2.02. The first kappa shape index (κ1) is 12.9. The van der Waals surface area contributed by atoms with Gasteiger partial charge in [-0.3, -0.25) is 0 Å². The van der Waals surface area contributed by atoms with Gasteiger partial charge >= 0.3 is 0 Å². The topological polar surface area (TPSA) is 29.3 Å². The number of nitrogens with zero attached hydrogens (tertiary/aromatic N) is 1. The maximum atomic E-state index is 5.62. The quantitative estimate of drug-likeness (QED) is 0.687. The van der Waals surface area contributed by atoms with Crippen LogP contribution < -0.4 is 5.73 Å². The van der Waals surface area contributed by atoms with Crippen molar-refractivity contribution in [3.63, 3.8) is 0 Å². The van der Waals surface area contributed by atoms with Gasteiger partial charge in [-0.05, 0) is 32.2 Å². The third-order valence-electron chi connectivity index (χ3n) is 2.28. The van der Waals surface area contributed by atoms with E-state index in [1.807, 2.05) is 0 Å². The molecule has 0 radical (unpaired) electrons.